The maximum atomic E-state index is 2.48. The molecule has 0 rings (SSSR count). The Labute approximate surface area is 110 Å². The Hall–Kier alpha value is 0.250. The third-order valence-electron chi connectivity index (χ3n) is 5.62. The second-order valence-electron chi connectivity index (χ2n) is 5.89. The van der Waals surface area contributed by atoms with Crippen molar-refractivity contribution in [3.63, 3.8) is 0 Å². The first-order chi connectivity index (χ1) is 6.74. The lowest BCUT2D eigenvalue weighted by Gasteiger charge is -2.56. The lowest BCUT2D eigenvalue weighted by Crippen LogP contribution is -3.00. The van der Waals surface area contributed by atoms with Crippen molar-refractivity contribution in [1.29, 1.82) is 0 Å². The lowest BCUT2D eigenvalue weighted by atomic mass is 9.67. The molecule has 0 aromatic heterocycles. The van der Waals surface area contributed by atoms with Crippen LogP contribution in [0.1, 0.15) is 61.3 Å². The molecule has 0 saturated carbocycles. The van der Waals surface area contributed by atoms with Crippen LogP contribution in [0.5, 0.6) is 0 Å². The van der Waals surface area contributed by atoms with Crippen molar-refractivity contribution >= 4 is 0 Å². The summed E-state index contributed by atoms with van der Waals surface area (Å²) in [6.45, 7) is 19.1. The van der Waals surface area contributed by atoms with Crippen LogP contribution in [0.2, 0.25) is 0 Å². The van der Waals surface area contributed by atoms with Crippen LogP contribution in [-0.4, -0.2) is 30.2 Å². The highest BCUT2D eigenvalue weighted by Gasteiger charge is 2.50. The first-order valence-corrected chi connectivity index (χ1v) is 6.59. The van der Waals surface area contributed by atoms with Crippen molar-refractivity contribution in [1.82, 2.24) is 0 Å². The Bertz CT molecular complexity index is 197. The van der Waals surface area contributed by atoms with Crippen molar-refractivity contribution in [2.45, 2.75) is 66.8 Å². The second-order valence-corrected chi connectivity index (χ2v) is 5.89. The number of halogens is 1. The van der Waals surface area contributed by atoms with E-state index in [1.165, 1.54) is 30.4 Å². The van der Waals surface area contributed by atoms with E-state index in [1.807, 2.05) is 0 Å². The minimum absolute atomic E-state index is 0. The molecule has 0 aliphatic carbocycles. The van der Waals surface area contributed by atoms with Gasteiger partial charge in [0.2, 0.25) is 0 Å². The molecule has 0 aliphatic heterocycles. The molecule has 1 unspecified atom stereocenters. The molecule has 0 aliphatic rings. The monoisotopic (exact) mass is 249 g/mol. The molecule has 1 atom stereocenters. The summed E-state index contributed by atoms with van der Waals surface area (Å²) in [6.07, 6.45) is 2.51. The van der Waals surface area contributed by atoms with E-state index in [-0.39, 0.29) is 12.4 Å². The van der Waals surface area contributed by atoms with Crippen LogP contribution in [0, 0.1) is 5.41 Å². The summed E-state index contributed by atoms with van der Waals surface area (Å²) in [5.74, 6) is 0. The summed E-state index contributed by atoms with van der Waals surface area (Å²) in [7, 11) is 2.42. The van der Waals surface area contributed by atoms with E-state index in [1.54, 1.807) is 0 Å². The molecular weight excluding hydrogens is 218 g/mol. The summed E-state index contributed by atoms with van der Waals surface area (Å²) in [5, 5.41) is 0. The normalized spacial score (nSPS) is 16.5. The van der Waals surface area contributed by atoms with Crippen LogP contribution in [0.4, 0.5) is 0 Å². The van der Waals surface area contributed by atoms with Crippen LogP contribution >= 0.6 is 0 Å². The van der Waals surface area contributed by atoms with Gasteiger partial charge in [-0.05, 0) is 33.6 Å². The highest BCUT2D eigenvalue weighted by Crippen LogP contribution is 2.44. The van der Waals surface area contributed by atoms with Gasteiger partial charge >= 0.3 is 0 Å². The summed E-state index contributed by atoms with van der Waals surface area (Å²) < 4.78 is 1.18. The van der Waals surface area contributed by atoms with Crippen molar-refractivity contribution in [2.24, 2.45) is 5.41 Å². The van der Waals surface area contributed by atoms with E-state index in [0.29, 0.717) is 11.0 Å². The largest absolute Gasteiger partial charge is 1.00 e. The van der Waals surface area contributed by atoms with Gasteiger partial charge in [-0.25, -0.2) is 0 Å². The molecule has 0 aromatic carbocycles. The quantitative estimate of drug-likeness (QED) is 0.619. The third-order valence-corrected chi connectivity index (χ3v) is 5.62. The van der Waals surface area contributed by atoms with Crippen LogP contribution < -0.4 is 12.4 Å². The first-order valence-electron chi connectivity index (χ1n) is 6.59. The zero-order valence-corrected chi connectivity index (χ0v) is 13.4. The van der Waals surface area contributed by atoms with Crippen LogP contribution in [0.25, 0.3) is 0 Å². The molecular formula is C14H32ClN. The Kier molecular flexibility index (Phi) is 7.28. The van der Waals surface area contributed by atoms with Crippen molar-refractivity contribution in [3.05, 3.63) is 0 Å². The summed E-state index contributed by atoms with van der Waals surface area (Å²) in [5.41, 5.74) is 0.785. The summed E-state index contributed by atoms with van der Waals surface area (Å²) in [6, 6.07) is 0. The van der Waals surface area contributed by atoms with Gasteiger partial charge in [0.1, 0.15) is 5.54 Å². The Balaban J connectivity index is 0. The molecule has 0 spiro atoms. The Morgan fingerprint density at radius 2 is 1.19 bits per heavy atom. The number of hydrogen-bond acceptors (Lipinski definition) is 0. The highest BCUT2D eigenvalue weighted by molar-refractivity contribution is 4.90. The molecule has 100 valence electrons. The molecule has 0 amide bonds. The number of quaternary nitrogens is 1. The van der Waals surface area contributed by atoms with Crippen molar-refractivity contribution in [3.8, 4) is 0 Å². The van der Waals surface area contributed by atoms with Gasteiger partial charge in [0.15, 0.2) is 0 Å². The Morgan fingerprint density at radius 3 is 1.38 bits per heavy atom. The van der Waals surface area contributed by atoms with E-state index in [2.05, 4.69) is 55.5 Å². The fraction of sp³-hybridized carbons (Fsp3) is 1.00. The van der Waals surface area contributed by atoms with Crippen LogP contribution in [0.3, 0.4) is 0 Å². The van der Waals surface area contributed by atoms with Gasteiger partial charge in [0.25, 0.3) is 0 Å². The van der Waals surface area contributed by atoms with E-state index in [0.717, 1.165) is 0 Å². The maximum absolute atomic E-state index is 2.48. The molecule has 1 nitrogen and oxygen atoms in total. The van der Waals surface area contributed by atoms with Gasteiger partial charge in [-0.3, -0.25) is 0 Å². The average Bonchev–Trinajstić information content (AvgIpc) is 2.26. The molecule has 0 heterocycles. The standard InChI is InChI=1S/C14H32N.ClH/c1-9-13(5,6)14(7,10-2)15(8,11-3)12-4;/h9-12H2,1-8H3;1H/q+1;/p-1. The molecule has 0 saturated heterocycles. The van der Waals surface area contributed by atoms with E-state index < -0.39 is 0 Å². The third kappa shape index (κ3) is 2.73. The number of rotatable bonds is 6. The van der Waals surface area contributed by atoms with E-state index in [4.69, 9.17) is 0 Å². The summed E-state index contributed by atoms with van der Waals surface area (Å²) >= 11 is 0. The first kappa shape index (κ1) is 18.6. The minimum atomic E-state index is 0. The molecule has 0 fully saturated rings. The van der Waals surface area contributed by atoms with Crippen molar-refractivity contribution in [2.75, 3.05) is 20.1 Å². The average molecular weight is 250 g/mol. The highest BCUT2D eigenvalue weighted by atomic mass is 35.5. The maximum Gasteiger partial charge on any atom is 0.101 e. The predicted octanol–water partition coefficient (Wildman–Crippen LogP) is 1.08. The van der Waals surface area contributed by atoms with Gasteiger partial charge in [0.05, 0.1) is 20.1 Å². The van der Waals surface area contributed by atoms with Crippen LogP contribution in [-0.2, 0) is 0 Å². The Morgan fingerprint density at radius 1 is 0.812 bits per heavy atom. The topological polar surface area (TPSA) is 0 Å². The molecule has 2 heteroatoms. The second kappa shape index (κ2) is 6.26. The van der Waals surface area contributed by atoms with Gasteiger partial charge in [-0.2, -0.15) is 0 Å². The van der Waals surface area contributed by atoms with Gasteiger partial charge < -0.3 is 16.9 Å². The SMILES string of the molecule is CCC(C)(C)C(C)(CC)[N+](C)(CC)CC.[Cl-]. The zero-order chi connectivity index (χ0) is 12.3. The number of nitrogens with zero attached hydrogens (tertiary/aromatic N) is 1. The lowest BCUT2D eigenvalue weighted by molar-refractivity contribution is -0.963. The van der Waals surface area contributed by atoms with Gasteiger partial charge in [0, 0.05) is 5.41 Å². The molecule has 0 radical (unpaired) electrons. The molecule has 0 bridgehead atoms. The summed E-state index contributed by atoms with van der Waals surface area (Å²) in [4.78, 5) is 0. The van der Waals surface area contributed by atoms with Crippen molar-refractivity contribution < 1.29 is 16.9 Å². The predicted molar refractivity (Wildman–Crippen MR) is 70.0 cm³/mol. The van der Waals surface area contributed by atoms with Gasteiger partial charge in [-0.15, -0.1) is 0 Å². The fourth-order valence-electron chi connectivity index (χ4n) is 2.89. The van der Waals surface area contributed by atoms with Crippen LogP contribution in [0.15, 0.2) is 0 Å². The number of hydrogen-bond donors (Lipinski definition) is 0. The fourth-order valence-corrected chi connectivity index (χ4v) is 2.89. The van der Waals surface area contributed by atoms with E-state index >= 15 is 0 Å². The smallest absolute Gasteiger partial charge is 0.101 e. The molecule has 0 aromatic rings. The molecule has 0 N–H and O–H groups in total. The van der Waals surface area contributed by atoms with Gasteiger partial charge in [-0.1, -0.05) is 27.7 Å². The minimum Gasteiger partial charge on any atom is -1.00 e. The van der Waals surface area contributed by atoms with E-state index in [9.17, 15) is 0 Å². The molecule has 16 heavy (non-hydrogen) atoms. The zero-order valence-electron chi connectivity index (χ0n) is 12.7.